The van der Waals surface area contributed by atoms with Crippen molar-refractivity contribution in [3.8, 4) is 0 Å². The third-order valence-electron chi connectivity index (χ3n) is 3.97. The van der Waals surface area contributed by atoms with Crippen LogP contribution in [0.1, 0.15) is 6.42 Å². The van der Waals surface area contributed by atoms with E-state index in [1.807, 2.05) is 0 Å². The summed E-state index contributed by atoms with van der Waals surface area (Å²) in [4.78, 5) is 10.6. The Morgan fingerprint density at radius 3 is 2.88 bits per heavy atom. The first kappa shape index (κ1) is 18.5. The number of aliphatic imine (C=N–C) groups is 1. The van der Waals surface area contributed by atoms with Gasteiger partial charge >= 0.3 is 0 Å². The van der Waals surface area contributed by atoms with Gasteiger partial charge in [0.2, 0.25) is 0 Å². The summed E-state index contributed by atoms with van der Waals surface area (Å²) in [6, 6.07) is 11.0. The van der Waals surface area contributed by atoms with Crippen LogP contribution >= 0.6 is 24.0 Å². The van der Waals surface area contributed by atoms with Crippen LogP contribution in [0.15, 0.2) is 48.0 Å². The van der Waals surface area contributed by atoms with Crippen LogP contribution in [-0.4, -0.2) is 53.4 Å². The first-order valence-electron chi connectivity index (χ1n) is 7.95. The largest absolute Gasteiger partial charge is 0.369 e. The molecule has 2 heterocycles. The minimum Gasteiger partial charge on any atom is -0.369 e. The molecule has 1 atom stereocenters. The molecule has 1 fully saturated rings. The van der Waals surface area contributed by atoms with Gasteiger partial charge in [-0.3, -0.25) is 9.67 Å². The lowest BCUT2D eigenvalue weighted by atomic mass is 10.3. The average Bonchev–Trinajstić information content (AvgIpc) is 3.26. The molecule has 0 spiro atoms. The highest BCUT2D eigenvalue weighted by Crippen LogP contribution is 2.19. The minimum absolute atomic E-state index is 0. The molecular formula is C16H24IN7. The second-order valence-corrected chi connectivity index (χ2v) is 5.57. The zero-order chi connectivity index (χ0) is 15.9. The number of benzene rings is 1. The van der Waals surface area contributed by atoms with Gasteiger partial charge in [0.25, 0.3) is 0 Å². The van der Waals surface area contributed by atoms with Crippen molar-refractivity contribution in [2.75, 3.05) is 31.6 Å². The second-order valence-electron chi connectivity index (χ2n) is 5.57. The van der Waals surface area contributed by atoms with Crippen LogP contribution in [-0.2, 0) is 6.54 Å². The van der Waals surface area contributed by atoms with E-state index in [1.54, 1.807) is 24.4 Å². The molecule has 0 bridgehead atoms. The summed E-state index contributed by atoms with van der Waals surface area (Å²) in [5.41, 5.74) is 1.28. The molecule has 0 aliphatic carbocycles. The van der Waals surface area contributed by atoms with Gasteiger partial charge < -0.3 is 15.5 Å². The van der Waals surface area contributed by atoms with E-state index >= 15 is 0 Å². The fourth-order valence-corrected chi connectivity index (χ4v) is 2.78. The van der Waals surface area contributed by atoms with E-state index < -0.39 is 0 Å². The predicted octanol–water partition coefficient (Wildman–Crippen LogP) is 1.34. The summed E-state index contributed by atoms with van der Waals surface area (Å²) in [6.07, 6.45) is 4.37. The second kappa shape index (κ2) is 9.45. The van der Waals surface area contributed by atoms with Crippen LogP contribution in [0.3, 0.4) is 0 Å². The molecule has 2 aromatic rings. The maximum atomic E-state index is 4.30. The molecule has 7 nitrogen and oxygen atoms in total. The molecule has 1 aliphatic heterocycles. The average molecular weight is 441 g/mol. The third kappa shape index (κ3) is 5.08. The van der Waals surface area contributed by atoms with Crippen molar-refractivity contribution in [2.24, 2.45) is 4.99 Å². The van der Waals surface area contributed by atoms with Gasteiger partial charge in [-0.15, -0.1) is 24.0 Å². The normalized spacial score (nSPS) is 17.5. The van der Waals surface area contributed by atoms with Crippen LogP contribution in [0.2, 0.25) is 0 Å². The smallest absolute Gasteiger partial charge is 0.191 e. The highest BCUT2D eigenvalue weighted by Gasteiger charge is 2.23. The lowest BCUT2D eigenvalue weighted by Gasteiger charge is -2.20. The van der Waals surface area contributed by atoms with Crippen LogP contribution < -0.4 is 15.5 Å². The van der Waals surface area contributed by atoms with E-state index in [0.29, 0.717) is 6.04 Å². The van der Waals surface area contributed by atoms with Gasteiger partial charge in [0.1, 0.15) is 12.7 Å². The first-order chi connectivity index (χ1) is 11.3. The van der Waals surface area contributed by atoms with Gasteiger partial charge in [0, 0.05) is 38.4 Å². The number of halogens is 1. The van der Waals surface area contributed by atoms with Crippen molar-refractivity contribution >= 4 is 35.6 Å². The molecule has 24 heavy (non-hydrogen) atoms. The summed E-state index contributed by atoms with van der Waals surface area (Å²) in [5, 5.41) is 10.9. The predicted molar refractivity (Wildman–Crippen MR) is 107 cm³/mol. The van der Waals surface area contributed by atoms with Gasteiger partial charge in [-0.25, -0.2) is 4.98 Å². The molecule has 2 N–H and O–H groups in total. The minimum atomic E-state index is 0. The van der Waals surface area contributed by atoms with Crippen LogP contribution in [0, 0.1) is 0 Å². The molecule has 1 aromatic carbocycles. The Kier molecular flexibility index (Phi) is 7.29. The summed E-state index contributed by atoms with van der Waals surface area (Å²) < 4.78 is 1.80. The fourth-order valence-electron chi connectivity index (χ4n) is 2.78. The van der Waals surface area contributed by atoms with E-state index in [-0.39, 0.29) is 24.0 Å². The van der Waals surface area contributed by atoms with Gasteiger partial charge in [-0.2, -0.15) is 5.10 Å². The van der Waals surface area contributed by atoms with E-state index in [1.165, 1.54) is 5.69 Å². The molecule has 1 saturated heterocycles. The van der Waals surface area contributed by atoms with Gasteiger partial charge in [-0.1, -0.05) is 18.2 Å². The van der Waals surface area contributed by atoms with Crippen molar-refractivity contribution in [2.45, 2.75) is 19.0 Å². The summed E-state index contributed by atoms with van der Waals surface area (Å²) in [5.74, 6) is 0.838. The lowest BCUT2D eigenvalue weighted by Crippen LogP contribution is -2.45. The number of nitrogens with zero attached hydrogens (tertiary/aromatic N) is 5. The van der Waals surface area contributed by atoms with Crippen molar-refractivity contribution in [1.29, 1.82) is 0 Å². The monoisotopic (exact) mass is 441 g/mol. The number of aromatic nitrogens is 3. The molecule has 0 radical (unpaired) electrons. The highest BCUT2D eigenvalue weighted by atomic mass is 127. The molecular weight excluding hydrogens is 417 g/mol. The number of rotatable bonds is 5. The molecule has 1 unspecified atom stereocenters. The number of para-hydroxylation sites is 1. The van der Waals surface area contributed by atoms with E-state index in [0.717, 1.165) is 38.6 Å². The van der Waals surface area contributed by atoms with Crippen LogP contribution in [0.5, 0.6) is 0 Å². The maximum Gasteiger partial charge on any atom is 0.191 e. The summed E-state index contributed by atoms with van der Waals surface area (Å²) in [7, 11) is 1.80. The van der Waals surface area contributed by atoms with Crippen molar-refractivity contribution in [3.05, 3.63) is 43.0 Å². The topological polar surface area (TPSA) is 70.4 Å². The van der Waals surface area contributed by atoms with Crippen LogP contribution in [0.25, 0.3) is 0 Å². The van der Waals surface area contributed by atoms with Gasteiger partial charge in [-0.05, 0) is 18.6 Å². The van der Waals surface area contributed by atoms with Crippen molar-refractivity contribution in [1.82, 2.24) is 25.4 Å². The number of hydrogen-bond acceptors (Lipinski definition) is 4. The summed E-state index contributed by atoms with van der Waals surface area (Å²) in [6.45, 7) is 3.59. The Morgan fingerprint density at radius 1 is 1.33 bits per heavy atom. The highest BCUT2D eigenvalue weighted by molar-refractivity contribution is 14.0. The van der Waals surface area contributed by atoms with Crippen molar-refractivity contribution < 1.29 is 0 Å². The SMILES string of the molecule is CN=C(NCCn1cncn1)NC1CCN(c2ccccc2)C1.I. The Balaban J connectivity index is 0.00000208. The molecule has 3 rings (SSSR count). The zero-order valence-electron chi connectivity index (χ0n) is 13.8. The standard InChI is InChI=1S/C16H23N7.HI/c1-17-16(19-8-10-23-13-18-12-20-23)21-14-7-9-22(11-14)15-5-3-2-4-6-15;/h2-6,12-14H,7-11H2,1H3,(H2,17,19,21);1H. The van der Waals surface area contributed by atoms with Crippen LogP contribution in [0.4, 0.5) is 5.69 Å². The Labute approximate surface area is 159 Å². The lowest BCUT2D eigenvalue weighted by molar-refractivity contribution is 0.586. The Bertz CT molecular complexity index is 615. The maximum absolute atomic E-state index is 4.30. The third-order valence-corrected chi connectivity index (χ3v) is 3.97. The zero-order valence-corrected chi connectivity index (χ0v) is 16.1. The Morgan fingerprint density at radius 2 is 2.17 bits per heavy atom. The number of guanidine groups is 1. The van der Waals surface area contributed by atoms with Crippen molar-refractivity contribution in [3.63, 3.8) is 0 Å². The first-order valence-corrected chi connectivity index (χ1v) is 7.95. The molecule has 0 amide bonds. The van der Waals surface area contributed by atoms with Gasteiger partial charge in [0.15, 0.2) is 5.96 Å². The molecule has 1 aromatic heterocycles. The van der Waals surface area contributed by atoms with E-state index in [9.17, 15) is 0 Å². The molecule has 8 heteroatoms. The Hall–Kier alpha value is -1.84. The van der Waals surface area contributed by atoms with E-state index in [4.69, 9.17) is 0 Å². The molecule has 1 aliphatic rings. The molecule has 130 valence electrons. The van der Waals surface area contributed by atoms with Gasteiger partial charge in [0.05, 0.1) is 6.54 Å². The number of nitrogens with one attached hydrogen (secondary N) is 2. The number of anilines is 1. The number of hydrogen-bond donors (Lipinski definition) is 2. The molecule has 0 saturated carbocycles. The summed E-state index contributed by atoms with van der Waals surface area (Å²) >= 11 is 0. The van der Waals surface area contributed by atoms with E-state index in [2.05, 4.69) is 60.9 Å². The quantitative estimate of drug-likeness (QED) is 0.417. The fraction of sp³-hybridized carbons (Fsp3) is 0.438.